The van der Waals surface area contributed by atoms with Crippen LogP contribution >= 0.6 is 0 Å². The number of methoxy groups -OCH3 is 1. The first-order chi connectivity index (χ1) is 25.1. The number of hydrogen-bond acceptors (Lipinski definition) is 11. The fourth-order valence-corrected chi connectivity index (χ4v) is 5.36. The highest BCUT2D eigenvalue weighted by Crippen LogP contribution is 2.25. The molecule has 2 heterocycles. The van der Waals surface area contributed by atoms with Gasteiger partial charge in [0, 0.05) is 36.1 Å². The summed E-state index contributed by atoms with van der Waals surface area (Å²) in [6.45, 7) is 3.48. The smallest absolute Gasteiger partial charge is 0.408 e. The Bertz CT molecular complexity index is 1870. The van der Waals surface area contributed by atoms with E-state index in [9.17, 15) is 33.6 Å². The molecule has 0 spiro atoms. The fraction of sp³-hybridized carbons (Fsp3) is 0.378. The Hall–Kier alpha value is -6.19. The lowest BCUT2D eigenvalue weighted by molar-refractivity contribution is -0.149. The maximum absolute atomic E-state index is 13.8. The molecule has 2 aromatic carbocycles. The second kappa shape index (κ2) is 17.8. The lowest BCUT2D eigenvalue weighted by Crippen LogP contribution is -2.56. The van der Waals surface area contributed by atoms with E-state index in [1.807, 2.05) is 0 Å². The standard InChI is InChI=1S/C37H43N5O11/c1-37(2,3)53-36(49)41-29-21-52-31(44)16-15-26-24(23-13-9-10-14-25(23)38-26)17-28(35(48)50-5)40-33(46)27(39-30(43)19-42(4)34(29)47)18-32(45)51-20-22-11-7-6-8-12-22/h6-16,27-29,38H,17-21H2,1-5H3,(H,39,43)(H,40,46)(H,41,49)/b16-15+/t27-,28-,29-/m0/s1. The molecule has 0 saturated heterocycles. The number of aromatic nitrogens is 1. The fourth-order valence-electron chi connectivity index (χ4n) is 5.36. The molecule has 4 N–H and O–H groups in total. The van der Waals surface area contributed by atoms with Gasteiger partial charge < -0.3 is 44.8 Å². The monoisotopic (exact) mass is 733 g/mol. The Morgan fingerprint density at radius 3 is 2.36 bits per heavy atom. The van der Waals surface area contributed by atoms with Gasteiger partial charge in [0.25, 0.3) is 0 Å². The Labute approximate surface area is 305 Å². The number of esters is 3. The number of nitrogens with one attached hydrogen (secondary N) is 4. The molecule has 53 heavy (non-hydrogen) atoms. The molecule has 1 aliphatic rings. The van der Waals surface area contributed by atoms with E-state index in [2.05, 4.69) is 20.9 Å². The second-order valence-corrected chi connectivity index (χ2v) is 13.2. The van der Waals surface area contributed by atoms with E-state index in [1.54, 1.807) is 75.4 Å². The average Bonchev–Trinajstić information content (AvgIpc) is 3.46. The molecule has 16 nitrogen and oxygen atoms in total. The second-order valence-electron chi connectivity index (χ2n) is 13.2. The van der Waals surface area contributed by atoms with E-state index in [0.717, 1.165) is 18.1 Å². The van der Waals surface area contributed by atoms with Crippen molar-refractivity contribution in [2.75, 3.05) is 27.3 Å². The Morgan fingerprint density at radius 2 is 1.66 bits per heavy atom. The third-order valence-electron chi connectivity index (χ3n) is 7.85. The van der Waals surface area contributed by atoms with Gasteiger partial charge in [-0.15, -0.1) is 0 Å². The van der Waals surface area contributed by atoms with Crippen molar-refractivity contribution in [2.45, 2.75) is 63.9 Å². The van der Waals surface area contributed by atoms with E-state index in [-0.39, 0.29) is 13.0 Å². The van der Waals surface area contributed by atoms with Crippen molar-refractivity contribution >= 4 is 58.7 Å². The van der Waals surface area contributed by atoms with Gasteiger partial charge in [-0.05, 0) is 44.0 Å². The van der Waals surface area contributed by atoms with Gasteiger partial charge in [-0.1, -0.05) is 48.5 Å². The number of nitrogens with zero attached hydrogens (tertiary/aromatic N) is 1. The van der Waals surface area contributed by atoms with Gasteiger partial charge in [-0.25, -0.2) is 14.4 Å². The Balaban J connectivity index is 1.70. The number of benzene rings is 2. The molecule has 1 aliphatic heterocycles. The summed E-state index contributed by atoms with van der Waals surface area (Å²) >= 11 is 0. The van der Waals surface area contributed by atoms with Crippen molar-refractivity contribution < 1.29 is 52.5 Å². The highest BCUT2D eigenvalue weighted by Gasteiger charge is 2.33. The van der Waals surface area contributed by atoms with Crippen LogP contribution in [0.1, 0.15) is 44.0 Å². The molecular weight excluding hydrogens is 690 g/mol. The van der Waals surface area contributed by atoms with E-state index in [4.69, 9.17) is 18.9 Å². The molecule has 0 saturated carbocycles. The summed E-state index contributed by atoms with van der Waals surface area (Å²) in [5.74, 6) is -5.15. The number of alkyl carbamates (subject to hydrolysis) is 1. The van der Waals surface area contributed by atoms with Crippen molar-refractivity contribution in [3.63, 3.8) is 0 Å². The van der Waals surface area contributed by atoms with Crippen molar-refractivity contribution in [3.05, 3.63) is 77.5 Å². The first-order valence-electron chi connectivity index (χ1n) is 16.7. The van der Waals surface area contributed by atoms with Crippen LogP contribution in [0.5, 0.6) is 0 Å². The molecule has 4 rings (SSSR count). The molecule has 0 unspecified atom stereocenters. The predicted octanol–water partition coefficient (Wildman–Crippen LogP) is 1.91. The molecule has 3 atom stereocenters. The van der Waals surface area contributed by atoms with Crippen LogP contribution in [0, 0.1) is 0 Å². The Morgan fingerprint density at radius 1 is 0.962 bits per heavy atom. The van der Waals surface area contributed by atoms with Gasteiger partial charge in [-0.2, -0.15) is 0 Å². The molecule has 0 bridgehead atoms. The topological polar surface area (TPSA) is 212 Å². The SMILES string of the molecule is COC(=O)[C@@H]1Cc2c([nH]c3ccccc23)/C=C/C(=O)OC[C@H](NC(=O)OC(C)(C)C)C(=O)N(C)CC(=O)N[C@@H](CC(=O)OCc2ccccc2)C(=O)N1. The van der Waals surface area contributed by atoms with Gasteiger partial charge in [-0.3, -0.25) is 19.2 Å². The number of fused-ring (bicyclic) bond motifs is 3. The van der Waals surface area contributed by atoms with Crippen molar-refractivity contribution in [1.82, 2.24) is 25.8 Å². The van der Waals surface area contributed by atoms with E-state index < -0.39 is 85.0 Å². The van der Waals surface area contributed by atoms with Gasteiger partial charge in [0.15, 0.2) is 0 Å². The zero-order valence-electron chi connectivity index (χ0n) is 30.1. The minimum Gasteiger partial charge on any atom is -0.467 e. The summed E-state index contributed by atoms with van der Waals surface area (Å²) in [4.78, 5) is 96.3. The van der Waals surface area contributed by atoms with Crippen LogP contribution < -0.4 is 16.0 Å². The largest absolute Gasteiger partial charge is 0.467 e. The summed E-state index contributed by atoms with van der Waals surface area (Å²) in [7, 11) is 2.39. The summed E-state index contributed by atoms with van der Waals surface area (Å²) in [6.07, 6.45) is 0.765. The van der Waals surface area contributed by atoms with E-state index in [1.165, 1.54) is 13.1 Å². The zero-order chi connectivity index (χ0) is 38.7. The van der Waals surface area contributed by atoms with Crippen LogP contribution in [0.25, 0.3) is 17.0 Å². The highest BCUT2D eigenvalue weighted by molar-refractivity contribution is 5.96. The van der Waals surface area contributed by atoms with Crippen LogP contribution in [0.4, 0.5) is 4.79 Å². The number of cyclic esters (lactones) is 1. The van der Waals surface area contributed by atoms with Crippen LogP contribution in [0.3, 0.4) is 0 Å². The normalized spacial score (nSPS) is 19.7. The minimum absolute atomic E-state index is 0.0997. The number of H-pyrrole nitrogens is 1. The minimum atomic E-state index is -1.56. The molecule has 282 valence electrons. The molecule has 0 aliphatic carbocycles. The average molecular weight is 734 g/mol. The molecular formula is C37H43N5O11. The number of para-hydroxylation sites is 1. The first-order valence-corrected chi connectivity index (χ1v) is 16.7. The molecule has 1 aromatic heterocycles. The Kier molecular flexibility index (Phi) is 13.3. The van der Waals surface area contributed by atoms with Crippen LogP contribution in [0.15, 0.2) is 60.7 Å². The van der Waals surface area contributed by atoms with Gasteiger partial charge >= 0.3 is 24.0 Å². The van der Waals surface area contributed by atoms with Crippen LogP contribution in [0.2, 0.25) is 0 Å². The molecule has 3 aromatic rings. The lowest BCUT2D eigenvalue weighted by Gasteiger charge is -2.27. The van der Waals surface area contributed by atoms with Crippen LogP contribution in [-0.2, 0) is 60.7 Å². The van der Waals surface area contributed by atoms with E-state index >= 15 is 0 Å². The number of aromatic amines is 1. The third kappa shape index (κ3) is 11.7. The number of ether oxygens (including phenoxy) is 4. The number of amides is 4. The molecule has 16 heteroatoms. The summed E-state index contributed by atoms with van der Waals surface area (Å²) in [5, 5.41) is 8.08. The number of likely N-dealkylation sites (N-methyl/N-ethyl adjacent to an activating group) is 1. The maximum Gasteiger partial charge on any atom is 0.408 e. The van der Waals surface area contributed by atoms with Crippen molar-refractivity contribution in [2.24, 2.45) is 0 Å². The van der Waals surface area contributed by atoms with Crippen molar-refractivity contribution in [3.8, 4) is 0 Å². The van der Waals surface area contributed by atoms with Crippen molar-refractivity contribution in [1.29, 1.82) is 0 Å². The summed E-state index contributed by atoms with van der Waals surface area (Å²) in [5.41, 5.74) is 1.33. The molecule has 0 radical (unpaired) electrons. The molecule has 0 fully saturated rings. The molecule has 4 amide bonds. The van der Waals surface area contributed by atoms with Crippen LogP contribution in [-0.4, -0.2) is 103 Å². The quantitative estimate of drug-likeness (QED) is 0.212. The summed E-state index contributed by atoms with van der Waals surface area (Å²) < 4.78 is 21.0. The van der Waals surface area contributed by atoms with Gasteiger partial charge in [0.2, 0.25) is 17.7 Å². The predicted molar refractivity (Wildman–Crippen MR) is 190 cm³/mol. The zero-order valence-corrected chi connectivity index (χ0v) is 30.1. The van der Waals surface area contributed by atoms with Gasteiger partial charge in [0.1, 0.15) is 36.9 Å². The first kappa shape index (κ1) is 39.6. The van der Waals surface area contributed by atoms with E-state index in [0.29, 0.717) is 27.7 Å². The number of carbonyl (C=O) groups excluding carboxylic acids is 7. The summed E-state index contributed by atoms with van der Waals surface area (Å²) in [6, 6.07) is 11.6. The van der Waals surface area contributed by atoms with Gasteiger partial charge in [0.05, 0.1) is 20.1 Å². The third-order valence-corrected chi connectivity index (χ3v) is 7.85. The maximum atomic E-state index is 13.8. The lowest BCUT2D eigenvalue weighted by atomic mass is 10.0. The highest BCUT2D eigenvalue weighted by atomic mass is 16.6. The number of carbonyl (C=O) groups is 7. The number of rotatable bonds is 6. The number of hydrogen-bond donors (Lipinski definition) is 4.